The van der Waals surface area contributed by atoms with Crippen LogP contribution in [0.1, 0.15) is 25.1 Å². The molecule has 0 aliphatic heterocycles. The van der Waals surface area contributed by atoms with Crippen LogP contribution in [-0.4, -0.2) is 38.2 Å². The smallest absolute Gasteiger partial charge is 0.307 e. The Morgan fingerprint density at radius 1 is 1.40 bits per heavy atom. The Hall–Kier alpha value is -1.56. The van der Waals surface area contributed by atoms with Crippen molar-refractivity contribution in [3.63, 3.8) is 0 Å². The number of ether oxygens (including phenoxy) is 1. The molecule has 6 heteroatoms. The summed E-state index contributed by atoms with van der Waals surface area (Å²) in [5, 5.41) is 8.38. The van der Waals surface area contributed by atoms with Crippen molar-refractivity contribution in [1.82, 2.24) is 10.6 Å². The molecule has 0 atom stereocenters. The first-order valence-corrected chi connectivity index (χ1v) is 7.66. The van der Waals surface area contributed by atoms with E-state index in [4.69, 9.17) is 4.74 Å². The molecule has 1 rings (SSSR count). The van der Waals surface area contributed by atoms with Crippen molar-refractivity contribution in [3.8, 4) is 0 Å². The highest BCUT2D eigenvalue weighted by atomic mass is 32.1. The first-order chi connectivity index (χ1) is 9.61. The van der Waals surface area contributed by atoms with Gasteiger partial charge in [0.25, 0.3) is 0 Å². The average Bonchev–Trinajstić information content (AvgIpc) is 2.89. The third kappa shape index (κ3) is 7.13. The Kier molecular flexibility index (Phi) is 7.72. The van der Waals surface area contributed by atoms with Crippen molar-refractivity contribution in [3.05, 3.63) is 22.4 Å². The maximum atomic E-state index is 11.4. The summed E-state index contributed by atoms with van der Waals surface area (Å²) in [5.41, 5.74) is 0. The number of rotatable bonds is 7. The number of carbonyl (C=O) groups excluding carboxylic acids is 1. The number of nitrogens with zero attached hydrogens (tertiary/aromatic N) is 1. The van der Waals surface area contributed by atoms with Gasteiger partial charge in [0.15, 0.2) is 5.96 Å². The Labute approximate surface area is 124 Å². The van der Waals surface area contributed by atoms with Gasteiger partial charge in [-0.3, -0.25) is 9.79 Å². The number of aliphatic imine (C=N–C) groups is 1. The molecule has 0 aliphatic carbocycles. The molecule has 2 N–H and O–H groups in total. The molecule has 0 unspecified atom stereocenters. The fraction of sp³-hybridized carbons (Fsp3) is 0.571. The predicted molar refractivity (Wildman–Crippen MR) is 83.2 cm³/mol. The highest BCUT2D eigenvalue weighted by Gasteiger charge is 2.05. The minimum atomic E-state index is -0.193. The first-order valence-electron chi connectivity index (χ1n) is 6.78. The number of nitrogens with one attached hydrogen (secondary N) is 2. The van der Waals surface area contributed by atoms with Gasteiger partial charge < -0.3 is 15.4 Å². The molecule has 0 radical (unpaired) electrons. The van der Waals surface area contributed by atoms with Gasteiger partial charge >= 0.3 is 5.97 Å². The van der Waals surface area contributed by atoms with Gasteiger partial charge in [-0.05, 0) is 31.7 Å². The second-order valence-corrected chi connectivity index (χ2v) is 5.58. The van der Waals surface area contributed by atoms with Crippen LogP contribution >= 0.6 is 11.3 Å². The number of esters is 1. The lowest BCUT2D eigenvalue weighted by atomic mass is 10.3. The second-order valence-electron chi connectivity index (χ2n) is 4.54. The molecule has 0 fully saturated rings. The van der Waals surface area contributed by atoms with Crippen LogP contribution in [0.5, 0.6) is 0 Å². The topological polar surface area (TPSA) is 62.7 Å². The fourth-order valence-corrected chi connectivity index (χ4v) is 2.29. The van der Waals surface area contributed by atoms with Crippen molar-refractivity contribution in [2.75, 3.05) is 20.1 Å². The summed E-state index contributed by atoms with van der Waals surface area (Å²) in [4.78, 5) is 16.8. The molecule has 1 aromatic heterocycles. The normalized spacial score (nSPS) is 11.5. The average molecular weight is 297 g/mol. The number of thiophene rings is 1. The van der Waals surface area contributed by atoms with E-state index in [1.165, 1.54) is 4.88 Å². The van der Waals surface area contributed by atoms with Crippen LogP contribution in [-0.2, 0) is 16.0 Å². The summed E-state index contributed by atoms with van der Waals surface area (Å²) >= 11 is 1.75. The van der Waals surface area contributed by atoms with Crippen molar-refractivity contribution in [1.29, 1.82) is 0 Å². The lowest BCUT2D eigenvalue weighted by molar-refractivity contribution is -0.147. The molecule has 1 heterocycles. The fourth-order valence-electron chi connectivity index (χ4n) is 1.58. The van der Waals surface area contributed by atoms with Crippen LogP contribution in [0, 0.1) is 0 Å². The largest absolute Gasteiger partial charge is 0.463 e. The minimum Gasteiger partial charge on any atom is -0.463 e. The molecule has 5 nitrogen and oxygen atoms in total. The molecule has 0 bridgehead atoms. The SMILES string of the molecule is CN=C(NCCC(=O)OC(C)C)NCCc1cccs1. The van der Waals surface area contributed by atoms with Gasteiger partial charge in [-0.15, -0.1) is 11.3 Å². The van der Waals surface area contributed by atoms with Crippen LogP contribution < -0.4 is 10.6 Å². The molecule has 0 saturated heterocycles. The Balaban J connectivity index is 2.15. The van der Waals surface area contributed by atoms with Crippen molar-refractivity contribution in [2.24, 2.45) is 4.99 Å². The summed E-state index contributed by atoms with van der Waals surface area (Å²) in [6.45, 7) is 5.02. The Morgan fingerprint density at radius 2 is 2.15 bits per heavy atom. The molecule has 0 saturated carbocycles. The van der Waals surface area contributed by atoms with Crippen molar-refractivity contribution in [2.45, 2.75) is 32.8 Å². The molecule has 20 heavy (non-hydrogen) atoms. The maximum Gasteiger partial charge on any atom is 0.307 e. The monoisotopic (exact) mass is 297 g/mol. The molecule has 1 aromatic rings. The zero-order valence-corrected chi connectivity index (χ0v) is 13.1. The van der Waals surface area contributed by atoms with Crippen LogP contribution in [0.2, 0.25) is 0 Å². The van der Waals surface area contributed by atoms with Gasteiger partial charge in [-0.25, -0.2) is 0 Å². The molecule has 112 valence electrons. The van der Waals surface area contributed by atoms with E-state index in [1.807, 2.05) is 19.9 Å². The Bertz CT molecular complexity index is 416. The molecule has 0 aliphatic rings. The van der Waals surface area contributed by atoms with E-state index in [0.717, 1.165) is 13.0 Å². The highest BCUT2D eigenvalue weighted by molar-refractivity contribution is 7.09. The van der Waals surface area contributed by atoms with Crippen LogP contribution in [0.15, 0.2) is 22.5 Å². The van der Waals surface area contributed by atoms with Crippen LogP contribution in [0.4, 0.5) is 0 Å². The molecular formula is C14H23N3O2S. The van der Waals surface area contributed by atoms with E-state index >= 15 is 0 Å². The molecular weight excluding hydrogens is 274 g/mol. The number of hydrogen-bond acceptors (Lipinski definition) is 4. The third-order valence-electron chi connectivity index (χ3n) is 2.46. The van der Waals surface area contributed by atoms with E-state index < -0.39 is 0 Å². The zero-order chi connectivity index (χ0) is 14.8. The molecule has 0 amide bonds. The summed E-state index contributed by atoms with van der Waals surface area (Å²) in [6, 6.07) is 4.16. The predicted octanol–water partition coefficient (Wildman–Crippen LogP) is 1.80. The van der Waals surface area contributed by atoms with Crippen LogP contribution in [0.25, 0.3) is 0 Å². The lowest BCUT2D eigenvalue weighted by Crippen LogP contribution is -2.39. The third-order valence-corrected chi connectivity index (χ3v) is 3.39. The van der Waals surface area contributed by atoms with Gasteiger partial charge in [0.2, 0.25) is 0 Å². The summed E-state index contributed by atoms with van der Waals surface area (Å²) in [7, 11) is 1.72. The summed E-state index contributed by atoms with van der Waals surface area (Å²) in [5.74, 6) is 0.514. The number of carbonyl (C=O) groups is 1. The van der Waals surface area contributed by atoms with E-state index in [2.05, 4.69) is 27.1 Å². The van der Waals surface area contributed by atoms with Gasteiger partial charge in [0.05, 0.1) is 12.5 Å². The Morgan fingerprint density at radius 3 is 2.75 bits per heavy atom. The van der Waals surface area contributed by atoms with Gasteiger partial charge in [0.1, 0.15) is 0 Å². The van der Waals surface area contributed by atoms with Gasteiger partial charge in [0, 0.05) is 25.0 Å². The highest BCUT2D eigenvalue weighted by Crippen LogP contribution is 2.07. The van der Waals surface area contributed by atoms with E-state index in [0.29, 0.717) is 18.9 Å². The number of guanidine groups is 1. The van der Waals surface area contributed by atoms with Gasteiger partial charge in [-0.1, -0.05) is 6.07 Å². The molecule has 0 aromatic carbocycles. The standard InChI is InChI=1S/C14H23N3O2S/c1-11(2)19-13(18)7-9-17-14(15-3)16-8-6-12-5-4-10-20-12/h4-5,10-11H,6-9H2,1-3H3,(H2,15,16,17). The zero-order valence-electron chi connectivity index (χ0n) is 12.3. The van der Waals surface area contributed by atoms with Crippen molar-refractivity contribution >= 4 is 23.3 Å². The van der Waals surface area contributed by atoms with Crippen LogP contribution in [0.3, 0.4) is 0 Å². The van der Waals surface area contributed by atoms with Gasteiger partial charge in [-0.2, -0.15) is 0 Å². The summed E-state index contributed by atoms with van der Waals surface area (Å²) < 4.78 is 5.06. The molecule has 0 spiro atoms. The number of hydrogen-bond donors (Lipinski definition) is 2. The lowest BCUT2D eigenvalue weighted by Gasteiger charge is -2.12. The second kappa shape index (κ2) is 9.36. The minimum absolute atomic E-state index is 0.0641. The van der Waals surface area contributed by atoms with Crippen molar-refractivity contribution < 1.29 is 9.53 Å². The van der Waals surface area contributed by atoms with E-state index in [9.17, 15) is 4.79 Å². The van der Waals surface area contributed by atoms with E-state index in [-0.39, 0.29) is 12.1 Å². The summed E-state index contributed by atoms with van der Waals surface area (Å²) in [6.07, 6.45) is 1.24. The quantitative estimate of drug-likeness (QED) is 0.458. The van der Waals surface area contributed by atoms with E-state index in [1.54, 1.807) is 18.4 Å². The maximum absolute atomic E-state index is 11.4. The first kappa shape index (κ1) is 16.5.